The van der Waals surface area contributed by atoms with E-state index in [1.165, 1.54) is 0 Å². The Balaban J connectivity index is 2.25. The summed E-state index contributed by atoms with van der Waals surface area (Å²) in [5.41, 5.74) is 2.09. The summed E-state index contributed by atoms with van der Waals surface area (Å²) in [4.78, 5) is 0. The van der Waals surface area contributed by atoms with Crippen molar-refractivity contribution in [2.75, 3.05) is 7.11 Å². The van der Waals surface area contributed by atoms with Crippen LogP contribution in [0.15, 0.2) is 53.5 Å². The lowest BCUT2D eigenvalue weighted by molar-refractivity contribution is 0.282. The van der Waals surface area contributed by atoms with Crippen molar-refractivity contribution < 1.29 is 9.47 Å². The first-order valence-corrected chi connectivity index (χ1v) is 6.71. The standard InChI is InChI=1S/C16H15BrO2/c1-3-13-9-10-14(18-2)16(15(13)17)19-11-12-7-5-4-6-8-12/h3-10H,1,11H2,2H3. The average Bonchev–Trinajstić information content (AvgIpc) is 2.46. The Bertz CT molecular complexity index is 564. The van der Waals surface area contributed by atoms with Crippen molar-refractivity contribution in [3.05, 3.63) is 64.6 Å². The van der Waals surface area contributed by atoms with Gasteiger partial charge in [0.15, 0.2) is 11.5 Å². The van der Waals surface area contributed by atoms with Crippen LogP contribution in [-0.2, 0) is 6.61 Å². The van der Waals surface area contributed by atoms with Crippen LogP contribution in [0.5, 0.6) is 11.5 Å². The molecule has 3 heteroatoms. The first-order valence-electron chi connectivity index (χ1n) is 5.92. The van der Waals surface area contributed by atoms with Crippen LogP contribution in [0.4, 0.5) is 0 Å². The summed E-state index contributed by atoms with van der Waals surface area (Å²) in [6.45, 7) is 4.28. The third kappa shape index (κ3) is 3.18. The maximum absolute atomic E-state index is 5.87. The second-order valence-corrected chi connectivity index (χ2v) is 4.77. The molecule has 0 amide bonds. The Kier molecular flexibility index (Phi) is 4.63. The summed E-state index contributed by atoms with van der Waals surface area (Å²) in [7, 11) is 1.63. The zero-order valence-corrected chi connectivity index (χ0v) is 12.3. The van der Waals surface area contributed by atoms with E-state index in [4.69, 9.17) is 9.47 Å². The Morgan fingerprint density at radius 2 is 1.89 bits per heavy atom. The molecular weight excluding hydrogens is 304 g/mol. The van der Waals surface area contributed by atoms with Crippen molar-refractivity contribution in [2.45, 2.75) is 6.61 Å². The summed E-state index contributed by atoms with van der Waals surface area (Å²) in [6.07, 6.45) is 1.78. The van der Waals surface area contributed by atoms with E-state index in [2.05, 4.69) is 22.5 Å². The van der Waals surface area contributed by atoms with Crippen LogP contribution in [0.25, 0.3) is 6.08 Å². The maximum Gasteiger partial charge on any atom is 0.176 e. The molecule has 0 heterocycles. The van der Waals surface area contributed by atoms with Gasteiger partial charge in [-0.1, -0.05) is 43.0 Å². The smallest absolute Gasteiger partial charge is 0.176 e. The van der Waals surface area contributed by atoms with Crippen molar-refractivity contribution in [1.82, 2.24) is 0 Å². The number of methoxy groups -OCH3 is 1. The van der Waals surface area contributed by atoms with E-state index in [1.807, 2.05) is 42.5 Å². The monoisotopic (exact) mass is 318 g/mol. The Morgan fingerprint density at radius 3 is 2.53 bits per heavy atom. The Labute approximate surface area is 121 Å². The highest BCUT2D eigenvalue weighted by molar-refractivity contribution is 9.10. The van der Waals surface area contributed by atoms with Crippen LogP contribution in [0, 0.1) is 0 Å². The fourth-order valence-electron chi connectivity index (χ4n) is 1.74. The molecule has 0 fully saturated rings. The van der Waals surface area contributed by atoms with Crippen LogP contribution >= 0.6 is 15.9 Å². The Hall–Kier alpha value is -1.74. The van der Waals surface area contributed by atoms with Gasteiger partial charge in [0, 0.05) is 0 Å². The van der Waals surface area contributed by atoms with E-state index in [-0.39, 0.29) is 0 Å². The molecule has 0 aromatic heterocycles. The van der Waals surface area contributed by atoms with Gasteiger partial charge >= 0.3 is 0 Å². The van der Waals surface area contributed by atoms with Crippen LogP contribution in [0.1, 0.15) is 11.1 Å². The molecule has 0 saturated heterocycles. The molecule has 2 rings (SSSR count). The summed E-state index contributed by atoms with van der Waals surface area (Å²) in [5, 5.41) is 0. The minimum atomic E-state index is 0.496. The molecule has 0 N–H and O–H groups in total. The highest BCUT2D eigenvalue weighted by Gasteiger charge is 2.12. The highest BCUT2D eigenvalue weighted by atomic mass is 79.9. The number of hydrogen-bond acceptors (Lipinski definition) is 2. The van der Waals surface area contributed by atoms with Crippen molar-refractivity contribution in [1.29, 1.82) is 0 Å². The number of halogens is 1. The quantitative estimate of drug-likeness (QED) is 0.797. The minimum absolute atomic E-state index is 0.496. The van der Waals surface area contributed by atoms with Gasteiger partial charge in [-0.2, -0.15) is 0 Å². The van der Waals surface area contributed by atoms with Crippen molar-refractivity contribution in [3.63, 3.8) is 0 Å². The van der Waals surface area contributed by atoms with E-state index in [1.54, 1.807) is 13.2 Å². The summed E-state index contributed by atoms with van der Waals surface area (Å²) < 4.78 is 12.1. The van der Waals surface area contributed by atoms with Crippen LogP contribution < -0.4 is 9.47 Å². The molecule has 2 nitrogen and oxygen atoms in total. The maximum atomic E-state index is 5.87. The molecule has 98 valence electrons. The molecule has 0 radical (unpaired) electrons. The second-order valence-electron chi connectivity index (χ2n) is 3.98. The zero-order chi connectivity index (χ0) is 13.7. The van der Waals surface area contributed by atoms with Crippen molar-refractivity contribution >= 4 is 22.0 Å². The molecular formula is C16H15BrO2. The molecule has 0 aliphatic rings. The number of ether oxygens (including phenoxy) is 2. The lowest BCUT2D eigenvalue weighted by atomic mass is 10.2. The summed E-state index contributed by atoms with van der Waals surface area (Å²) in [6, 6.07) is 13.8. The van der Waals surface area contributed by atoms with E-state index >= 15 is 0 Å². The lowest BCUT2D eigenvalue weighted by Crippen LogP contribution is -1.99. The lowest BCUT2D eigenvalue weighted by Gasteiger charge is -2.14. The van der Waals surface area contributed by atoms with E-state index in [0.29, 0.717) is 18.1 Å². The third-order valence-electron chi connectivity index (χ3n) is 2.76. The summed E-state index contributed by atoms with van der Waals surface area (Å²) >= 11 is 3.53. The summed E-state index contributed by atoms with van der Waals surface area (Å²) in [5.74, 6) is 1.40. The van der Waals surface area contributed by atoms with E-state index in [0.717, 1.165) is 15.6 Å². The third-order valence-corrected chi connectivity index (χ3v) is 3.57. The van der Waals surface area contributed by atoms with Gasteiger partial charge in [-0.3, -0.25) is 0 Å². The van der Waals surface area contributed by atoms with Crippen LogP contribution in [-0.4, -0.2) is 7.11 Å². The molecule has 0 atom stereocenters. The van der Waals surface area contributed by atoms with Gasteiger partial charge in [-0.25, -0.2) is 0 Å². The van der Waals surface area contributed by atoms with Gasteiger partial charge < -0.3 is 9.47 Å². The molecule has 0 aliphatic carbocycles. The van der Waals surface area contributed by atoms with Crippen LogP contribution in [0.3, 0.4) is 0 Å². The molecule has 2 aromatic rings. The fourth-order valence-corrected chi connectivity index (χ4v) is 2.34. The normalized spacial score (nSPS) is 10.0. The predicted octanol–water partition coefficient (Wildman–Crippen LogP) is 4.68. The van der Waals surface area contributed by atoms with Gasteiger partial charge in [0.05, 0.1) is 11.6 Å². The molecule has 0 unspecified atom stereocenters. The second kappa shape index (κ2) is 6.43. The SMILES string of the molecule is C=Cc1ccc(OC)c(OCc2ccccc2)c1Br. The highest BCUT2D eigenvalue weighted by Crippen LogP contribution is 2.38. The van der Waals surface area contributed by atoms with Gasteiger partial charge in [0.2, 0.25) is 0 Å². The Morgan fingerprint density at radius 1 is 1.16 bits per heavy atom. The number of benzene rings is 2. The molecule has 0 bridgehead atoms. The molecule has 0 saturated carbocycles. The first-order chi connectivity index (χ1) is 9.26. The van der Waals surface area contributed by atoms with E-state index in [9.17, 15) is 0 Å². The largest absolute Gasteiger partial charge is 0.493 e. The zero-order valence-electron chi connectivity index (χ0n) is 10.7. The van der Waals surface area contributed by atoms with Gasteiger partial charge in [-0.05, 0) is 39.2 Å². The first kappa shape index (κ1) is 13.7. The van der Waals surface area contributed by atoms with Gasteiger partial charge in [-0.15, -0.1) is 0 Å². The number of rotatable bonds is 5. The average molecular weight is 319 g/mol. The molecule has 2 aromatic carbocycles. The minimum Gasteiger partial charge on any atom is -0.493 e. The fraction of sp³-hybridized carbons (Fsp3) is 0.125. The van der Waals surface area contributed by atoms with Crippen LogP contribution in [0.2, 0.25) is 0 Å². The number of hydrogen-bond donors (Lipinski definition) is 0. The predicted molar refractivity (Wildman–Crippen MR) is 81.6 cm³/mol. The van der Waals surface area contributed by atoms with E-state index < -0.39 is 0 Å². The van der Waals surface area contributed by atoms with Crippen molar-refractivity contribution in [3.8, 4) is 11.5 Å². The molecule has 0 aliphatic heterocycles. The van der Waals surface area contributed by atoms with Crippen molar-refractivity contribution in [2.24, 2.45) is 0 Å². The molecule has 19 heavy (non-hydrogen) atoms. The molecule has 0 spiro atoms. The topological polar surface area (TPSA) is 18.5 Å². The van der Waals surface area contributed by atoms with Gasteiger partial charge in [0.25, 0.3) is 0 Å². The van der Waals surface area contributed by atoms with Gasteiger partial charge in [0.1, 0.15) is 6.61 Å².